The molecule has 0 heterocycles. The molecule has 0 aliphatic rings. The molecule has 142 valence electrons. The van der Waals surface area contributed by atoms with Gasteiger partial charge in [0.05, 0.1) is 0 Å². The molecular weight excluding hydrogens is 296 g/mol. The molecule has 3 atom stereocenters. The molecule has 0 rings (SSSR count). The summed E-state index contributed by atoms with van der Waals surface area (Å²) in [6.07, 6.45) is 12.2. The van der Waals surface area contributed by atoms with Crippen LogP contribution in [0.3, 0.4) is 0 Å². The first-order chi connectivity index (χ1) is 11.2. The lowest BCUT2D eigenvalue weighted by atomic mass is 9.91. The Labute approximate surface area is 151 Å². The molecule has 0 aromatic carbocycles. The van der Waals surface area contributed by atoms with Crippen LogP contribution in [0, 0.1) is 17.8 Å². The zero-order valence-electron chi connectivity index (χ0n) is 17.1. The second-order valence-electron chi connectivity index (χ2n) is 8.43. The van der Waals surface area contributed by atoms with Crippen LogP contribution in [0.2, 0.25) is 0 Å². The van der Waals surface area contributed by atoms with Crippen molar-refractivity contribution in [2.45, 2.75) is 105 Å². The summed E-state index contributed by atoms with van der Waals surface area (Å²) in [5.41, 5.74) is 1.09. The van der Waals surface area contributed by atoms with E-state index in [1.54, 1.807) is 6.08 Å². The maximum atomic E-state index is 11.4. The molecule has 0 saturated carbocycles. The molecule has 24 heavy (non-hydrogen) atoms. The molecule has 2 heteroatoms. The van der Waals surface area contributed by atoms with E-state index in [0.717, 1.165) is 36.2 Å². The van der Waals surface area contributed by atoms with Gasteiger partial charge in [-0.25, -0.2) is 0 Å². The molecule has 1 N–H and O–H groups in total. The topological polar surface area (TPSA) is 37.3 Å². The second kappa shape index (κ2) is 13.6. The number of carbonyl (C=O) groups is 1. The summed E-state index contributed by atoms with van der Waals surface area (Å²) in [4.78, 5) is 11.4. The summed E-state index contributed by atoms with van der Waals surface area (Å²) < 4.78 is 0. The average molecular weight is 339 g/mol. The van der Waals surface area contributed by atoms with Crippen LogP contribution >= 0.6 is 0 Å². The van der Waals surface area contributed by atoms with E-state index in [4.69, 9.17) is 0 Å². The van der Waals surface area contributed by atoms with E-state index >= 15 is 0 Å². The molecular formula is C22H42O2. The summed E-state index contributed by atoms with van der Waals surface area (Å²) in [6, 6.07) is 0. The van der Waals surface area contributed by atoms with Gasteiger partial charge in [-0.15, -0.1) is 0 Å². The molecule has 1 unspecified atom stereocenters. The lowest BCUT2D eigenvalue weighted by Crippen LogP contribution is -2.13. The first-order valence-electron chi connectivity index (χ1n) is 10.1. The molecule has 0 radical (unpaired) electrons. The minimum atomic E-state index is -0.874. The highest BCUT2D eigenvalue weighted by Crippen LogP contribution is 2.22. The molecule has 0 saturated heterocycles. The van der Waals surface area contributed by atoms with Gasteiger partial charge in [-0.1, -0.05) is 78.2 Å². The first-order valence-corrected chi connectivity index (χ1v) is 10.1. The van der Waals surface area contributed by atoms with E-state index in [9.17, 15) is 9.90 Å². The van der Waals surface area contributed by atoms with Crippen molar-refractivity contribution in [3.8, 4) is 0 Å². The van der Waals surface area contributed by atoms with Crippen LogP contribution in [0.4, 0.5) is 0 Å². The minimum absolute atomic E-state index is 0.174. The highest BCUT2D eigenvalue weighted by molar-refractivity contribution is 5.93. The van der Waals surface area contributed by atoms with Crippen LogP contribution in [-0.2, 0) is 4.79 Å². The molecule has 0 aliphatic heterocycles. The van der Waals surface area contributed by atoms with Crippen LogP contribution in [0.15, 0.2) is 11.6 Å². The predicted octanol–water partition coefficient (Wildman–Crippen LogP) is 6.32. The van der Waals surface area contributed by atoms with Crippen molar-refractivity contribution in [1.82, 2.24) is 0 Å². The number of carbonyl (C=O) groups excluding carboxylic acids is 1. The Morgan fingerprint density at radius 2 is 1.29 bits per heavy atom. The molecule has 0 amide bonds. The average Bonchev–Trinajstić information content (AvgIpc) is 2.46. The Kier molecular flexibility index (Phi) is 13.3. The third-order valence-corrected chi connectivity index (χ3v) is 4.94. The lowest BCUT2D eigenvalue weighted by molar-refractivity contribution is -0.121. The molecule has 0 spiro atoms. The van der Waals surface area contributed by atoms with Gasteiger partial charge in [0.15, 0.2) is 5.78 Å². The molecule has 0 fully saturated rings. The Morgan fingerprint density at radius 3 is 1.75 bits per heavy atom. The molecule has 0 aromatic rings. The SMILES string of the molecule is C/C(=C\C(=O)C(C)O)CCC[C@H](C)CCC[C@H](C)CCCC(C)C. The molecule has 0 aliphatic carbocycles. The van der Waals surface area contributed by atoms with Crippen LogP contribution in [0.1, 0.15) is 99.3 Å². The van der Waals surface area contributed by atoms with E-state index in [1.807, 2.05) is 6.92 Å². The van der Waals surface area contributed by atoms with Gasteiger partial charge in [0.25, 0.3) is 0 Å². The van der Waals surface area contributed by atoms with Gasteiger partial charge in [-0.05, 0) is 50.5 Å². The van der Waals surface area contributed by atoms with Crippen molar-refractivity contribution in [1.29, 1.82) is 0 Å². The van der Waals surface area contributed by atoms with Gasteiger partial charge < -0.3 is 5.11 Å². The van der Waals surface area contributed by atoms with Crippen LogP contribution in [0.5, 0.6) is 0 Å². The zero-order chi connectivity index (χ0) is 18.5. The predicted molar refractivity (Wildman–Crippen MR) is 105 cm³/mol. The number of hydrogen-bond donors (Lipinski definition) is 1. The van der Waals surface area contributed by atoms with E-state index in [0.29, 0.717) is 0 Å². The van der Waals surface area contributed by atoms with E-state index in [2.05, 4.69) is 27.7 Å². The second-order valence-corrected chi connectivity index (χ2v) is 8.43. The fourth-order valence-electron chi connectivity index (χ4n) is 3.14. The maximum Gasteiger partial charge on any atom is 0.183 e. The number of aliphatic hydroxyl groups is 1. The van der Waals surface area contributed by atoms with Crippen molar-refractivity contribution in [2.75, 3.05) is 0 Å². The van der Waals surface area contributed by atoms with Gasteiger partial charge >= 0.3 is 0 Å². The van der Waals surface area contributed by atoms with Gasteiger partial charge in [0.1, 0.15) is 6.10 Å². The quantitative estimate of drug-likeness (QED) is 0.376. The van der Waals surface area contributed by atoms with Crippen molar-refractivity contribution < 1.29 is 9.90 Å². The van der Waals surface area contributed by atoms with E-state index < -0.39 is 6.10 Å². The van der Waals surface area contributed by atoms with Gasteiger partial charge in [-0.2, -0.15) is 0 Å². The summed E-state index contributed by atoms with van der Waals surface area (Å²) in [5.74, 6) is 2.30. The largest absolute Gasteiger partial charge is 0.385 e. The van der Waals surface area contributed by atoms with Gasteiger partial charge in [0.2, 0.25) is 0 Å². The minimum Gasteiger partial charge on any atom is -0.385 e. The van der Waals surface area contributed by atoms with Crippen molar-refractivity contribution in [3.05, 3.63) is 11.6 Å². The number of aliphatic hydroxyl groups excluding tert-OH is 1. The Hall–Kier alpha value is -0.630. The highest BCUT2D eigenvalue weighted by atomic mass is 16.3. The van der Waals surface area contributed by atoms with Crippen LogP contribution in [-0.4, -0.2) is 17.0 Å². The normalized spacial score (nSPS) is 16.2. The molecule has 0 bridgehead atoms. The van der Waals surface area contributed by atoms with E-state index in [-0.39, 0.29) is 5.78 Å². The molecule has 2 nitrogen and oxygen atoms in total. The first kappa shape index (κ1) is 23.4. The molecule has 0 aromatic heterocycles. The standard InChI is InChI=1S/C22H42O2/c1-17(2)10-7-11-18(3)12-8-13-19(4)14-9-15-20(5)16-22(24)21(6)23/h16-19,21,23H,7-15H2,1-6H3/b20-16+/t18-,19-,21?/m1/s1. The third kappa shape index (κ3) is 13.8. The summed E-state index contributed by atoms with van der Waals surface area (Å²) in [6.45, 7) is 12.9. The fourth-order valence-corrected chi connectivity index (χ4v) is 3.14. The van der Waals surface area contributed by atoms with Crippen molar-refractivity contribution in [2.24, 2.45) is 17.8 Å². The number of rotatable bonds is 14. The van der Waals surface area contributed by atoms with Crippen molar-refractivity contribution >= 4 is 5.78 Å². The summed E-state index contributed by atoms with van der Waals surface area (Å²) >= 11 is 0. The van der Waals surface area contributed by atoms with Crippen LogP contribution in [0.25, 0.3) is 0 Å². The lowest BCUT2D eigenvalue weighted by Gasteiger charge is -2.15. The zero-order valence-corrected chi connectivity index (χ0v) is 17.1. The Balaban J connectivity index is 3.72. The van der Waals surface area contributed by atoms with Crippen LogP contribution < -0.4 is 0 Å². The smallest absolute Gasteiger partial charge is 0.183 e. The highest BCUT2D eigenvalue weighted by Gasteiger charge is 2.08. The summed E-state index contributed by atoms with van der Waals surface area (Å²) in [5, 5.41) is 9.21. The Morgan fingerprint density at radius 1 is 0.833 bits per heavy atom. The summed E-state index contributed by atoms with van der Waals surface area (Å²) in [7, 11) is 0. The number of ketones is 1. The number of hydrogen-bond acceptors (Lipinski definition) is 2. The Bertz CT molecular complexity index is 355. The monoisotopic (exact) mass is 338 g/mol. The van der Waals surface area contributed by atoms with Crippen molar-refractivity contribution in [3.63, 3.8) is 0 Å². The number of allylic oxidation sites excluding steroid dienone is 1. The fraction of sp³-hybridized carbons (Fsp3) is 0.864. The van der Waals surface area contributed by atoms with E-state index in [1.165, 1.54) is 51.9 Å². The maximum absolute atomic E-state index is 11.4. The third-order valence-electron chi connectivity index (χ3n) is 4.94. The van der Waals surface area contributed by atoms with Gasteiger partial charge in [-0.3, -0.25) is 4.79 Å². The van der Waals surface area contributed by atoms with Gasteiger partial charge in [0, 0.05) is 0 Å².